The summed E-state index contributed by atoms with van der Waals surface area (Å²) in [4.78, 5) is 12.7. The van der Waals surface area contributed by atoms with Crippen molar-refractivity contribution in [2.75, 3.05) is 0 Å². The van der Waals surface area contributed by atoms with Gasteiger partial charge in [-0.2, -0.15) is 0 Å². The Morgan fingerprint density at radius 3 is 1.40 bits per heavy atom. The third kappa shape index (κ3) is 3.26. The molecular formula is C17H17N3. The minimum atomic E-state index is 0.951. The molecular weight excluding hydrogens is 246 g/mol. The molecule has 0 saturated carbocycles. The zero-order valence-corrected chi connectivity index (χ0v) is 11.7. The lowest BCUT2D eigenvalue weighted by atomic mass is 10.1. The van der Waals surface area contributed by atoms with Crippen LogP contribution in [0.3, 0.4) is 0 Å². The van der Waals surface area contributed by atoms with Crippen LogP contribution < -0.4 is 0 Å². The molecule has 0 N–H and O–H groups in total. The standard InChI is InChI=1S/C15H11N3.C2H6/c1-2-14(12-4-8-16-9-5-12)18-15(3-1)13-6-10-17-11-7-13;1-2/h1-11H;1-2H3. The number of hydrogen-bond donors (Lipinski definition) is 0. The summed E-state index contributed by atoms with van der Waals surface area (Å²) < 4.78 is 0. The fourth-order valence-electron chi connectivity index (χ4n) is 1.80. The lowest BCUT2D eigenvalue weighted by molar-refractivity contribution is 1.27. The molecule has 0 aliphatic heterocycles. The first kappa shape index (κ1) is 13.9. The van der Waals surface area contributed by atoms with Crippen molar-refractivity contribution in [2.24, 2.45) is 0 Å². The SMILES string of the molecule is CC.c1cc(-c2ccncc2)nc(-c2ccncc2)c1. The van der Waals surface area contributed by atoms with E-state index in [4.69, 9.17) is 0 Å². The van der Waals surface area contributed by atoms with E-state index in [1.807, 2.05) is 56.3 Å². The van der Waals surface area contributed by atoms with Gasteiger partial charge in [0.25, 0.3) is 0 Å². The second kappa shape index (κ2) is 7.14. The topological polar surface area (TPSA) is 38.7 Å². The average Bonchev–Trinajstić information content (AvgIpc) is 2.58. The molecule has 3 aromatic heterocycles. The highest BCUT2D eigenvalue weighted by molar-refractivity contribution is 5.65. The van der Waals surface area contributed by atoms with Gasteiger partial charge in [-0.05, 0) is 36.4 Å². The second-order valence-corrected chi connectivity index (χ2v) is 3.88. The molecule has 0 radical (unpaired) electrons. The molecule has 0 saturated heterocycles. The number of pyridine rings is 3. The molecule has 0 amide bonds. The van der Waals surface area contributed by atoms with Crippen LogP contribution in [-0.4, -0.2) is 15.0 Å². The maximum absolute atomic E-state index is 4.66. The zero-order valence-electron chi connectivity index (χ0n) is 11.7. The Hall–Kier alpha value is -2.55. The molecule has 0 aliphatic carbocycles. The molecule has 3 heteroatoms. The van der Waals surface area contributed by atoms with Gasteiger partial charge in [0.1, 0.15) is 0 Å². The van der Waals surface area contributed by atoms with E-state index in [1.165, 1.54) is 0 Å². The molecule has 3 heterocycles. The minimum absolute atomic E-state index is 0.951. The van der Waals surface area contributed by atoms with E-state index >= 15 is 0 Å². The van der Waals surface area contributed by atoms with Gasteiger partial charge in [-0.1, -0.05) is 19.9 Å². The summed E-state index contributed by atoms with van der Waals surface area (Å²) in [6.45, 7) is 4.00. The molecule has 3 nitrogen and oxygen atoms in total. The van der Waals surface area contributed by atoms with E-state index < -0.39 is 0 Å². The van der Waals surface area contributed by atoms with E-state index in [9.17, 15) is 0 Å². The van der Waals surface area contributed by atoms with Gasteiger partial charge in [0.05, 0.1) is 11.4 Å². The van der Waals surface area contributed by atoms with Crippen molar-refractivity contribution >= 4 is 0 Å². The Morgan fingerprint density at radius 1 is 0.600 bits per heavy atom. The summed E-state index contributed by atoms with van der Waals surface area (Å²) in [5, 5.41) is 0. The minimum Gasteiger partial charge on any atom is -0.265 e. The van der Waals surface area contributed by atoms with E-state index in [2.05, 4.69) is 15.0 Å². The normalized spacial score (nSPS) is 9.50. The smallest absolute Gasteiger partial charge is 0.0710 e. The van der Waals surface area contributed by atoms with Gasteiger partial charge in [-0.25, -0.2) is 4.98 Å². The monoisotopic (exact) mass is 263 g/mol. The highest BCUT2D eigenvalue weighted by atomic mass is 14.7. The molecule has 3 aromatic rings. The second-order valence-electron chi connectivity index (χ2n) is 3.88. The Morgan fingerprint density at radius 2 is 1.00 bits per heavy atom. The first-order valence-corrected chi connectivity index (χ1v) is 6.71. The Balaban J connectivity index is 0.000000704. The van der Waals surface area contributed by atoms with Crippen molar-refractivity contribution in [1.29, 1.82) is 0 Å². The van der Waals surface area contributed by atoms with Crippen LogP contribution in [0.2, 0.25) is 0 Å². The van der Waals surface area contributed by atoms with Gasteiger partial charge in [0.2, 0.25) is 0 Å². The lowest BCUT2D eigenvalue weighted by Crippen LogP contribution is -1.88. The highest BCUT2D eigenvalue weighted by Gasteiger charge is 2.02. The van der Waals surface area contributed by atoms with E-state index in [0.29, 0.717) is 0 Å². The maximum atomic E-state index is 4.66. The summed E-state index contributed by atoms with van der Waals surface area (Å²) in [7, 11) is 0. The predicted molar refractivity (Wildman–Crippen MR) is 82.0 cm³/mol. The first-order chi connectivity index (χ1) is 9.93. The molecule has 0 spiro atoms. The first-order valence-electron chi connectivity index (χ1n) is 6.71. The highest BCUT2D eigenvalue weighted by Crippen LogP contribution is 2.21. The number of aromatic nitrogens is 3. The summed E-state index contributed by atoms with van der Waals surface area (Å²) in [6.07, 6.45) is 7.10. The van der Waals surface area contributed by atoms with Crippen molar-refractivity contribution in [3.63, 3.8) is 0 Å². The molecule has 3 rings (SSSR count). The summed E-state index contributed by atoms with van der Waals surface area (Å²) in [5.74, 6) is 0. The molecule has 0 atom stereocenters. The third-order valence-electron chi connectivity index (χ3n) is 2.70. The van der Waals surface area contributed by atoms with Crippen LogP contribution in [-0.2, 0) is 0 Å². The van der Waals surface area contributed by atoms with Crippen LogP contribution in [0.4, 0.5) is 0 Å². The summed E-state index contributed by atoms with van der Waals surface area (Å²) >= 11 is 0. The summed E-state index contributed by atoms with van der Waals surface area (Å²) in [5.41, 5.74) is 4.04. The van der Waals surface area contributed by atoms with Crippen LogP contribution in [0, 0.1) is 0 Å². The molecule has 100 valence electrons. The van der Waals surface area contributed by atoms with E-state index in [1.54, 1.807) is 24.8 Å². The maximum Gasteiger partial charge on any atom is 0.0710 e. The molecule has 0 bridgehead atoms. The van der Waals surface area contributed by atoms with Crippen LogP contribution in [0.25, 0.3) is 22.5 Å². The van der Waals surface area contributed by atoms with Gasteiger partial charge in [-0.3, -0.25) is 9.97 Å². The number of rotatable bonds is 2. The van der Waals surface area contributed by atoms with Gasteiger partial charge in [0.15, 0.2) is 0 Å². The van der Waals surface area contributed by atoms with Crippen LogP contribution in [0.5, 0.6) is 0 Å². The fourth-order valence-corrected chi connectivity index (χ4v) is 1.80. The van der Waals surface area contributed by atoms with E-state index in [-0.39, 0.29) is 0 Å². The number of hydrogen-bond acceptors (Lipinski definition) is 3. The number of nitrogens with zero attached hydrogens (tertiary/aromatic N) is 3. The Bertz CT molecular complexity index is 582. The molecule has 0 aromatic carbocycles. The zero-order chi connectivity index (χ0) is 14.2. The van der Waals surface area contributed by atoms with Crippen molar-refractivity contribution < 1.29 is 0 Å². The fraction of sp³-hybridized carbons (Fsp3) is 0.118. The van der Waals surface area contributed by atoms with Gasteiger partial charge in [-0.15, -0.1) is 0 Å². The van der Waals surface area contributed by atoms with Crippen LogP contribution >= 0.6 is 0 Å². The largest absolute Gasteiger partial charge is 0.265 e. The quantitative estimate of drug-likeness (QED) is 0.694. The lowest BCUT2D eigenvalue weighted by Gasteiger charge is -2.04. The molecule has 0 fully saturated rings. The Kier molecular flexibility index (Phi) is 4.95. The van der Waals surface area contributed by atoms with Crippen LogP contribution in [0.15, 0.2) is 67.3 Å². The van der Waals surface area contributed by atoms with Crippen LogP contribution in [0.1, 0.15) is 13.8 Å². The van der Waals surface area contributed by atoms with Gasteiger partial charge < -0.3 is 0 Å². The Labute approximate surface area is 119 Å². The van der Waals surface area contributed by atoms with E-state index in [0.717, 1.165) is 22.5 Å². The molecule has 0 unspecified atom stereocenters. The predicted octanol–water partition coefficient (Wildman–Crippen LogP) is 4.23. The van der Waals surface area contributed by atoms with Crippen molar-refractivity contribution in [3.05, 3.63) is 67.3 Å². The molecule has 20 heavy (non-hydrogen) atoms. The summed E-state index contributed by atoms with van der Waals surface area (Å²) in [6, 6.07) is 13.8. The van der Waals surface area contributed by atoms with Gasteiger partial charge in [0, 0.05) is 35.9 Å². The average molecular weight is 263 g/mol. The van der Waals surface area contributed by atoms with Crippen molar-refractivity contribution in [1.82, 2.24) is 15.0 Å². The molecule has 0 aliphatic rings. The van der Waals surface area contributed by atoms with Gasteiger partial charge >= 0.3 is 0 Å². The van der Waals surface area contributed by atoms with Crippen molar-refractivity contribution in [3.8, 4) is 22.5 Å². The third-order valence-corrected chi connectivity index (χ3v) is 2.70. The van der Waals surface area contributed by atoms with Crippen molar-refractivity contribution in [2.45, 2.75) is 13.8 Å².